The number of aryl methyl sites for hydroxylation is 1. The molecule has 5 rings (SSSR count). The highest BCUT2D eigenvalue weighted by atomic mass is 16.5. The number of aromatic nitrogens is 1. The molecular weight excluding hydrogens is 358 g/mol. The smallest absolute Gasteiger partial charge is 0.306 e. The zero-order valence-electron chi connectivity index (χ0n) is 18.2. The Bertz CT molecular complexity index is 845. The van der Waals surface area contributed by atoms with E-state index >= 15 is 0 Å². The summed E-state index contributed by atoms with van der Waals surface area (Å²) in [5.74, 6) is 2.80. The van der Waals surface area contributed by atoms with Crippen LogP contribution in [-0.2, 0) is 16.0 Å². The molecule has 1 unspecified atom stereocenters. The van der Waals surface area contributed by atoms with E-state index in [1.165, 1.54) is 43.2 Å². The largest absolute Gasteiger partial charge is 0.466 e. The van der Waals surface area contributed by atoms with Crippen LogP contribution in [0.1, 0.15) is 76.8 Å². The van der Waals surface area contributed by atoms with Crippen molar-refractivity contribution in [3.8, 4) is 0 Å². The van der Waals surface area contributed by atoms with Crippen LogP contribution < -0.4 is 0 Å². The van der Waals surface area contributed by atoms with Gasteiger partial charge in [0, 0.05) is 18.8 Å². The van der Waals surface area contributed by atoms with Gasteiger partial charge in [-0.1, -0.05) is 26.8 Å². The van der Waals surface area contributed by atoms with Gasteiger partial charge in [0.15, 0.2) is 0 Å². The van der Waals surface area contributed by atoms with E-state index in [-0.39, 0.29) is 16.8 Å². The Kier molecular flexibility index (Phi) is 4.64. The summed E-state index contributed by atoms with van der Waals surface area (Å²) in [5, 5.41) is 0. The highest BCUT2D eigenvalue weighted by Gasteiger charge is 2.58. The second-order valence-corrected chi connectivity index (χ2v) is 10.6. The van der Waals surface area contributed by atoms with Crippen LogP contribution in [0.15, 0.2) is 24.5 Å². The standard InChI is InChI=1S/C26H35NO2/c1-4-17-13-18(16-27-15-17)21-7-8-22-20-6-5-19-14-24(28)29-12-11-25(19,2)23(20)9-10-26(21,22)3/h7,13,15-16,19-20,22-23H,4-6,8-12,14H2,1-3H3/t19-,20?,22-,23-,25-,26+/m0/s1. The second kappa shape index (κ2) is 6.96. The van der Waals surface area contributed by atoms with Crippen molar-refractivity contribution in [2.24, 2.45) is 34.5 Å². The molecule has 1 aliphatic heterocycles. The summed E-state index contributed by atoms with van der Waals surface area (Å²) in [6, 6.07) is 2.37. The fraction of sp³-hybridized carbons (Fsp3) is 0.692. The van der Waals surface area contributed by atoms with E-state index < -0.39 is 0 Å². The minimum Gasteiger partial charge on any atom is -0.466 e. The topological polar surface area (TPSA) is 39.2 Å². The molecule has 2 saturated carbocycles. The predicted molar refractivity (Wildman–Crippen MR) is 115 cm³/mol. The van der Waals surface area contributed by atoms with Crippen LogP contribution in [0.2, 0.25) is 0 Å². The van der Waals surface area contributed by atoms with Gasteiger partial charge in [-0.25, -0.2) is 0 Å². The molecule has 1 saturated heterocycles. The van der Waals surface area contributed by atoms with Gasteiger partial charge >= 0.3 is 5.97 Å². The van der Waals surface area contributed by atoms with E-state index in [4.69, 9.17) is 4.74 Å². The number of fused-ring (bicyclic) bond motifs is 5. The van der Waals surface area contributed by atoms with Gasteiger partial charge in [0.2, 0.25) is 0 Å². The van der Waals surface area contributed by atoms with Crippen LogP contribution >= 0.6 is 0 Å². The molecule has 3 fully saturated rings. The van der Waals surface area contributed by atoms with Crippen molar-refractivity contribution >= 4 is 11.5 Å². The molecule has 6 atom stereocenters. The molecule has 2 heterocycles. The zero-order valence-corrected chi connectivity index (χ0v) is 18.2. The average Bonchev–Trinajstić information content (AvgIpc) is 2.99. The lowest BCUT2D eigenvalue weighted by Gasteiger charge is -2.58. The van der Waals surface area contributed by atoms with E-state index in [1.54, 1.807) is 5.57 Å². The zero-order chi connectivity index (χ0) is 20.2. The number of allylic oxidation sites excluding steroid dienone is 2. The minimum atomic E-state index is 0.0333. The molecule has 3 heteroatoms. The molecule has 1 aromatic heterocycles. The number of cyclic esters (lactones) is 1. The van der Waals surface area contributed by atoms with Gasteiger partial charge in [-0.3, -0.25) is 9.78 Å². The van der Waals surface area contributed by atoms with E-state index in [1.807, 2.05) is 6.20 Å². The van der Waals surface area contributed by atoms with Gasteiger partial charge < -0.3 is 4.74 Å². The van der Waals surface area contributed by atoms with E-state index in [0.717, 1.165) is 30.6 Å². The molecule has 0 bridgehead atoms. The van der Waals surface area contributed by atoms with E-state index in [0.29, 0.717) is 18.9 Å². The van der Waals surface area contributed by atoms with Crippen LogP contribution in [0.3, 0.4) is 0 Å². The predicted octanol–water partition coefficient (Wildman–Crippen LogP) is 5.83. The quantitative estimate of drug-likeness (QED) is 0.593. The van der Waals surface area contributed by atoms with Gasteiger partial charge in [-0.2, -0.15) is 0 Å². The molecule has 3 nitrogen and oxygen atoms in total. The minimum absolute atomic E-state index is 0.0333. The van der Waals surface area contributed by atoms with E-state index in [9.17, 15) is 4.79 Å². The van der Waals surface area contributed by atoms with Crippen molar-refractivity contribution < 1.29 is 9.53 Å². The molecule has 0 spiro atoms. The Morgan fingerprint density at radius 1 is 1.14 bits per heavy atom. The summed E-state index contributed by atoms with van der Waals surface area (Å²) in [6.45, 7) is 7.84. The molecule has 4 aliphatic rings. The first-order valence-electron chi connectivity index (χ1n) is 11.8. The Morgan fingerprint density at radius 2 is 2.00 bits per heavy atom. The third-order valence-corrected chi connectivity index (χ3v) is 9.48. The summed E-state index contributed by atoms with van der Waals surface area (Å²) in [5.41, 5.74) is 4.77. The van der Waals surface area contributed by atoms with Crippen LogP contribution in [-0.4, -0.2) is 17.6 Å². The Labute approximate surface area is 175 Å². The highest BCUT2D eigenvalue weighted by molar-refractivity contribution is 5.73. The molecule has 1 aromatic rings. The van der Waals surface area contributed by atoms with Crippen molar-refractivity contribution in [1.29, 1.82) is 0 Å². The maximum Gasteiger partial charge on any atom is 0.306 e. The maximum absolute atomic E-state index is 12.1. The summed E-state index contributed by atoms with van der Waals surface area (Å²) in [7, 11) is 0. The fourth-order valence-corrected chi connectivity index (χ4v) is 7.75. The van der Waals surface area contributed by atoms with Gasteiger partial charge in [-0.05, 0) is 102 Å². The Balaban J connectivity index is 1.44. The van der Waals surface area contributed by atoms with Crippen LogP contribution in [0.4, 0.5) is 0 Å². The maximum atomic E-state index is 12.1. The van der Waals surface area contributed by atoms with Crippen molar-refractivity contribution in [3.63, 3.8) is 0 Å². The number of carbonyl (C=O) groups excluding carboxylic acids is 1. The van der Waals surface area contributed by atoms with Crippen molar-refractivity contribution in [2.45, 2.75) is 72.1 Å². The van der Waals surface area contributed by atoms with Gasteiger partial charge in [0.05, 0.1) is 6.61 Å². The second-order valence-electron chi connectivity index (χ2n) is 10.6. The molecule has 0 radical (unpaired) electrons. The first-order chi connectivity index (χ1) is 14.0. The van der Waals surface area contributed by atoms with Crippen molar-refractivity contribution in [3.05, 3.63) is 35.7 Å². The number of carbonyl (C=O) groups is 1. The monoisotopic (exact) mass is 393 g/mol. The molecule has 0 aromatic carbocycles. The molecule has 156 valence electrons. The molecule has 29 heavy (non-hydrogen) atoms. The summed E-state index contributed by atoms with van der Waals surface area (Å²) < 4.78 is 5.49. The van der Waals surface area contributed by atoms with E-state index in [2.05, 4.69) is 44.1 Å². The molecule has 3 aliphatic carbocycles. The van der Waals surface area contributed by atoms with Crippen LogP contribution in [0.25, 0.3) is 5.57 Å². The summed E-state index contributed by atoms with van der Waals surface area (Å²) in [4.78, 5) is 16.6. The third kappa shape index (κ3) is 2.91. The molecular formula is C26H35NO2. The average molecular weight is 394 g/mol. The normalized spacial score (nSPS) is 41.5. The summed E-state index contributed by atoms with van der Waals surface area (Å²) >= 11 is 0. The number of pyridine rings is 1. The Morgan fingerprint density at radius 3 is 2.83 bits per heavy atom. The molecule has 0 N–H and O–H groups in total. The first-order valence-corrected chi connectivity index (χ1v) is 11.8. The van der Waals surface area contributed by atoms with Gasteiger partial charge in [-0.15, -0.1) is 0 Å². The fourth-order valence-electron chi connectivity index (χ4n) is 7.75. The first kappa shape index (κ1) is 19.3. The van der Waals surface area contributed by atoms with Gasteiger partial charge in [0.25, 0.3) is 0 Å². The lowest BCUT2D eigenvalue weighted by atomic mass is 9.46. The van der Waals surface area contributed by atoms with Gasteiger partial charge in [0.1, 0.15) is 0 Å². The lowest BCUT2D eigenvalue weighted by molar-refractivity contribution is -0.143. The number of ether oxygens (including phenoxy) is 1. The molecule has 0 amide bonds. The summed E-state index contributed by atoms with van der Waals surface area (Å²) in [6.07, 6.45) is 15.6. The number of nitrogens with zero attached hydrogens (tertiary/aromatic N) is 1. The number of hydrogen-bond donors (Lipinski definition) is 0. The van der Waals surface area contributed by atoms with Crippen molar-refractivity contribution in [1.82, 2.24) is 4.98 Å². The number of esters is 1. The number of rotatable bonds is 2. The van der Waals surface area contributed by atoms with Crippen LogP contribution in [0, 0.1) is 34.5 Å². The third-order valence-electron chi connectivity index (χ3n) is 9.48. The Hall–Kier alpha value is -1.64. The number of hydrogen-bond acceptors (Lipinski definition) is 3. The van der Waals surface area contributed by atoms with Crippen LogP contribution in [0.5, 0.6) is 0 Å². The lowest BCUT2D eigenvalue weighted by Crippen LogP contribution is -2.51. The SMILES string of the molecule is CCc1cncc(C2=CC[C@H]3C4CC[C@H]5CC(=O)OCC[C@]5(C)[C@H]4CC[C@]23C)c1. The highest BCUT2D eigenvalue weighted by Crippen LogP contribution is 2.66. The van der Waals surface area contributed by atoms with Crippen molar-refractivity contribution in [2.75, 3.05) is 6.61 Å².